The molecule has 6 heteroatoms. The lowest BCUT2D eigenvalue weighted by Crippen LogP contribution is -2.18. The van der Waals surface area contributed by atoms with E-state index in [2.05, 4.69) is 0 Å². The number of carbonyl (C=O) groups is 1. The lowest BCUT2D eigenvalue weighted by Gasteiger charge is -1.96. The fourth-order valence-electron chi connectivity index (χ4n) is 0. The van der Waals surface area contributed by atoms with E-state index in [1.807, 2.05) is 0 Å². The molecule has 0 spiro atoms. The molecule has 2 nitrogen and oxygen atoms in total. The second-order valence-electron chi connectivity index (χ2n) is 0.803. The van der Waals surface area contributed by atoms with Crippen LogP contribution < -0.4 is 0 Å². The van der Waals surface area contributed by atoms with Crippen molar-refractivity contribution in [2.24, 2.45) is 0 Å². The van der Waals surface area contributed by atoms with Crippen LogP contribution >= 0.6 is 28.3 Å². The van der Waals surface area contributed by atoms with E-state index in [0.717, 1.165) is 0 Å². The summed E-state index contributed by atoms with van der Waals surface area (Å²) in [5.74, 6) is -2.17. The Morgan fingerprint density at radius 1 is 1.62 bits per heavy atom. The van der Waals surface area contributed by atoms with Crippen molar-refractivity contribution >= 4 is 34.3 Å². The molecule has 0 aliphatic rings. The smallest absolute Gasteiger partial charge is 0.395 e. The molecule has 0 rings (SSSR count). The molecule has 0 amide bonds. The molecule has 0 aromatic carbocycles. The van der Waals surface area contributed by atoms with E-state index in [4.69, 9.17) is 5.11 Å². The van der Waals surface area contributed by atoms with Gasteiger partial charge in [-0.05, 0) is 0 Å². The van der Waals surface area contributed by atoms with Crippen LogP contribution in [0.2, 0.25) is 0 Å². The molecule has 0 radical (unpaired) electrons. The first-order valence-electron chi connectivity index (χ1n) is 1.24. The molecule has 0 unspecified atom stereocenters. The summed E-state index contributed by atoms with van der Waals surface area (Å²) in [5.41, 5.74) is 0. The minimum Gasteiger partial charge on any atom is -0.476 e. The van der Waals surface area contributed by atoms with Gasteiger partial charge in [-0.2, -0.15) is 8.78 Å². The van der Waals surface area contributed by atoms with Crippen LogP contribution in [0.4, 0.5) is 8.78 Å². The van der Waals surface area contributed by atoms with Crippen molar-refractivity contribution in [2.45, 2.75) is 4.83 Å². The molecular weight excluding hydrogens is 209 g/mol. The van der Waals surface area contributed by atoms with Gasteiger partial charge in [-0.15, -0.1) is 12.4 Å². The summed E-state index contributed by atoms with van der Waals surface area (Å²) in [5, 5.41) is 7.45. The Bertz CT molecular complexity index is 90.5. The normalized spacial score (nSPS) is 9.88. The van der Waals surface area contributed by atoms with Gasteiger partial charge in [-0.25, -0.2) is 4.79 Å². The van der Waals surface area contributed by atoms with Gasteiger partial charge in [-0.3, -0.25) is 0 Å². The van der Waals surface area contributed by atoms with Gasteiger partial charge < -0.3 is 5.11 Å². The Morgan fingerprint density at radius 3 is 1.75 bits per heavy atom. The van der Waals surface area contributed by atoms with E-state index in [1.165, 1.54) is 0 Å². The zero-order valence-electron chi connectivity index (χ0n) is 3.40. The topological polar surface area (TPSA) is 37.3 Å². The van der Waals surface area contributed by atoms with Crippen LogP contribution in [0, 0.1) is 0 Å². The van der Waals surface area contributed by atoms with E-state index < -0.39 is 10.8 Å². The third-order valence-corrected chi connectivity index (χ3v) is 0.582. The van der Waals surface area contributed by atoms with Crippen molar-refractivity contribution in [3.8, 4) is 0 Å². The zero-order chi connectivity index (χ0) is 6.08. The van der Waals surface area contributed by atoms with Crippen molar-refractivity contribution in [3.63, 3.8) is 0 Å². The highest BCUT2D eigenvalue weighted by molar-refractivity contribution is 9.10. The Kier molecular flexibility index (Phi) is 4.38. The summed E-state index contributed by atoms with van der Waals surface area (Å²) < 4.78 is 22.3. The first-order valence-corrected chi connectivity index (χ1v) is 2.04. The molecule has 0 fully saturated rings. The summed E-state index contributed by atoms with van der Waals surface area (Å²) in [7, 11) is 0. The number of hydrogen-bond acceptors (Lipinski definition) is 1. The van der Waals surface area contributed by atoms with E-state index in [9.17, 15) is 13.6 Å². The highest BCUT2D eigenvalue weighted by Gasteiger charge is 2.34. The first-order chi connectivity index (χ1) is 2.94. The van der Waals surface area contributed by atoms with E-state index in [-0.39, 0.29) is 12.4 Å². The largest absolute Gasteiger partial charge is 0.476 e. The summed E-state index contributed by atoms with van der Waals surface area (Å²) in [6.07, 6.45) is 0. The lowest BCUT2D eigenvalue weighted by atomic mass is 10.7. The third-order valence-electron chi connectivity index (χ3n) is 0.243. The second-order valence-corrected chi connectivity index (χ2v) is 1.80. The monoisotopic (exact) mass is 210 g/mol. The fourth-order valence-corrected chi connectivity index (χ4v) is 0. The molecule has 0 saturated carbocycles. The molecule has 0 aliphatic carbocycles. The molecule has 50 valence electrons. The number of carboxylic acids is 1. The number of aliphatic carboxylic acids is 1. The van der Waals surface area contributed by atoms with Crippen LogP contribution in [0.5, 0.6) is 0 Å². The summed E-state index contributed by atoms with van der Waals surface area (Å²) >= 11 is 1.61. The number of hydrogen-bond donors (Lipinski definition) is 1. The van der Waals surface area contributed by atoms with E-state index in [0.29, 0.717) is 0 Å². The van der Waals surface area contributed by atoms with Gasteiger partial charge in [0.25, 0.3) is 0 Å². The van der Waals surface area contributed by atoms with Gasteiger partial charge in [-0.1, -0.05) is 0 Å². The molecule has 0 saturated heterocycles. The van der Waals surface area contributed by atoms with Crippen LogP contribution in [-0.4, -0.2) is 15.9 Å². The average molecular weight is 211 g/mol. The number of rotatable bonds is 1. The van der Waals surface area contributed by atoms with Crippen LogP contribution in [-0.2, 0) is 4.79 Å². The predicted octanol–water partition coefficient (Wildman–Crippen LogP) is 1.48. The van der Waals surface area contributed by atoms with Gasteiger partial charge in [0.2, 0.25) is 0 Å². The quantitative estimate of drug-likeness (QED) is 0.667. The van der Waals surface area contributed by atoms with Crippen molar-refractivity contribution in [2.75, 3.05) is 0 Å². The van der Waals surface area contributed by atoms with E-state index >= 15 is 0 Å². The molecule has 0 atom stereocenters. The number of carboxylic acid groups (broad SMARTS) is 1. The zero-order valence-corrected chi connectivity index (χ0v) is 5.80. The molecule has 0 aromatic heterocycles. The van der Waals surface area contributed by atoms with Crippen LogP contribution in [0.15, 0.2) is 0 Å². The second kappa shape index (κ2) is 3.19. The lowest BCUT2D eigenvalue weighted by molar-refractivity contribution is -0.152. The highest BCUT2D eigenvalue weighted by Crippen LogP contribution is 2.20. The average Bonchev–Trinajstić information content (AvgIpc) is 1.31. The van der Waals surface area contributed by atoms with Crippen molar-refractivity contribution in [3.05, 3.63) is 0 Å². The maximum atomic E-state index is 11.2. The van der Waals surface area contributed by atoms with Crippen molar-refractivity contribution in [1.82, 2.24) is 0 Å². The maximum Gasteiger partial charge on any atom is 0.395 e. The Balaban J connectivity index is 0. The molecule has 1 N–H and O–H groups in total. The van der Waals surface area contributed by atoms with Crippen molar-refractivity contribution < 1.29 is 18.7 Å². The minimum absolute atomic E-state index is 0. The van der Waals surface area contributed by atoms with Gasteiger partial charge in [0, 0.05) is 15.9 Å². The summed E-state index contributed by atoms with van der Waals surface area (Å²) in [4.78, 5) is 5.45. The Morgan fingerprint density at radius 2 is 1.75 bits per heavy atom. The van der Waals surface area contributed by atoms with Gasteiger partial charge in [0.15, 0.2) is 0 Å². The first kappa shape index (κ1) is 11.0. The summed E-state index contributed by atoms with van der Waals surface area (Å²) in [6.45, 7) is 0. The van der Waals surface area contributed by atoms with E-state index in [1.54, 1.807) is 15.9 Å². The minimum atomic E-state index is -3.77. The number of alkyl halides is 3. The Labute approximate surface area is 58.4 Å². The molecule has 0 bridgehead atoms. The highest BCUT2D eigenvalue weighted by atomic mass is 79.9. The van der Waals surface area contributed by atoms with Gasteiger partial charge >= 0.3 is 10.8 Å². The van der Waals surface area contributed by atoms with Crippen molar-refractivity contribution in [1.29, 1.82) is 0 Å². The third kappa shape index (κ3) is 4.26. The standard InChI is InChI=1S/C2HBrF2O2.ClH/c3-2(4,5)1(6)7;/h(H,6,7);1H. The molecule has 0 heterocycles. The summed E-state index contributed by atoms with van der Waals surface area (Å²) in [6, 6.07) is 0. The molecule has 8 heavy (non-hydrogen) atoms. The van der Waals surface area contributed by atoms with Crippen LogP contribution in [0.3, 0.4) is 0 Å². The fraction of sp³-hybridized carbons (Fsp3) is 0.500. The number of halogens is 4. The van der Waals surface area contributed by atoms with Gasteiger partial charge in [0.05, 0.1) is 0 Å². The van der Waals surface area contributed by atoms with Crippen LogP contribution in [0.25, 0.3) is 0 Å². The maximum absolute atomic E-state index is 11.2. The molecule has 0 aliphatic heterocycles. The molecule has 0 aromatic rings. The Hall–Kier alpha value is 0.1000. The van der Waals surface area contributed by atoms with Gasteiger partial charge in [0.1, 0.15) is 0 Å². The molecular formula is C2H2BrClF2O2. The SMILES string of the molecule is Cl.O=C(O)C(F)(F)Br. The predicted molar refractivity (Wildman–Crippen MR) is 28.8 cm³/mol. The van der Waals surface area contributed by atoms with Crippen LogP contribution in [0.1, 0.15) is 0 Å².